The van der Waals surface area contributed by atoms with Crippen LogP contribution in [0.5, 0.6) is 0 Å². The highest BCUT2D eigenvalue weighted by molar-refractivity contribution is 4.83. The van der Waals surface area contributed by atoms with E-state index in [4.69, 9.17) is 0 Å². The van der Waals surface area contributed by atoms with E-state index in [1.54, 1.807) is 12.8 Å². The third kappa shape index (κ3) is 5.06. The summed E-state index contributed by atoms with van der Waals surface area (Å²) in [6.45, 7) is 7.04. The third-order valence-electron chi connectivity index (χ3n) is 5.96. The summed E-state index contributed by atoms with van der Waals surface area (Å²) in [7, 11) is 0. The molecule has 2 saturated carbocycles. The van der Waals surface area contributed by atoms with Crippen LogP contribution in [0.25, 0.3) is 0 Å². The van der Waals surface area contributed by atoms with E-state index in [1.165, 1.54) is 64.3 Å². The summed E-state index contributed by atoms with van der Waals surface area (Å²) in [4.78, 5) is 0. The van der Waals surface area contributed by atoms with E-state index in [2.05, 4.69) is 19.2 Å². The largest absolute Gasteiger partial charge is 0.317 e. The van der Waals surface area contributed by atoms with E-state index in [0.717, 1.165) is 30.2 Å². The molecule has 0 saturated heterocycles. The maximum absolute atomic E-state index is 3.63. The van der Waals surface area contributed by atoms with Gasteiger partial charge in [0.05, 0.1) is 0 Å². The maximum atomic E-state index is 3.63. The van der Waals surface area contributed by atoms with Crippen LogP contribution in [0.15, 0.2) is 0 Å². The first-order valence-electron chi connectivity index (χ1n) is 9.54. The van der Waals surface area contributed by atoms with Gasteiger partial charge in [0.15, 0.2) is 0 Å². The van der Waals surface area contributed by atoms with Gasteiger partial charge in [-0.1, -0.05) is 65.2 Å². The van der Waals surface area contributed by atoms with Gasteiger partial charge in [-0.05, 0) is 56.0 Å². The molecule has 20 heavy (non-hydrogen) atoms. The van der Waals surface area contributed by atoms with E-state index in [1.807, 2.05) is 0 Å². The summed E-state index contributed by atoms with van der Waals surface area (Å²) in [5.41, 5.74) is 0. The van der Waals surface area contributed by atoms with Crippen LogP contribution in [0.4, 0.5) is 0 Å². The summed E-state index contributed by atoms with van der Waals surface area (Å²) in [6.07, 6.45) is 16.5. The summed E-state index contributed by atoms with van der Waals surface area (Å²) >= 11 is 0. The molecule has 1 nitrogen and oxygen atoms in total. The molecule has 2 aliphatic rings. The van der Waals surface area contributed by atoms with Crippen molar-refractivity contribution >= 4 is 0 Å². The molecule has 1 heteroatoms. The fourth-order valence-electron chi connectivity index (χ4n) is 4.83. The molecule has 0 radical (unpaired) electrons. The van der Waals surface area contributed by atoms with Crippen LogP contribution in [-0.4, -0.2) is 13.1 Å². The fraction of sp³-hybridized carbons (Fsp3) is 1.00. The summed E-state index contributed by atoms with van der Waals surface area (Å²) in [5.74, 6) is 4.12. The van der Waals surface area contributed by atoms with Gasteiger partial charge in [0.25, 0.3) is 0 Å². The second kappa shape index (κ2) is 9.07. The number of hydrogen-bond donors (Lipinski definition) is 1. The zero-order valence-corrected chi connectivity index (χ0v) is 14.0. The predicted octanol–water partition coefficient (Wildman–Crippen LogP) is 5.40. The molecule has 3 unspecified atom stereocenters. The average molecular weight is 280 g/mol. The molecule has 2 fully saturated rings. The second-order valence-corrected chi connectivity index (χ2v) is 7.54. The Morgan fingerprint density at radius 3 is 2.35 bits per heavy atom. The number of nitrogens with one attached hydrogen (secondary N) is 1. The van der Waals surface area contributed by atoms with Crippen molar-refractivity contribution in [3.8, 4) is 0 Å². The van der Waals surface area contributed by atoms with Crippen molar-refractivity contribution < 1.29 is 0 Å². The molecule has 0 spiro atoms. The summed E-state index contributed by atoms with van der Waals surface area (Å²) in [6, 6.07) is 0. The van der Waals surface area contributed by atoms with Gasteiger partial charge in [0, 0.05) is 0 Å². The summed E-state index contributed by atoms with van der Waals surface area (Å²) < 4.78 is 0. The van der Waals surface area contributed by atoms with Gasteiger partial charge in [0.2, 0.25) is 0 Å². The third-order valence-corrected chi connectivity index (χ3v) is 5.96. The van der Waals surface area contributed by atoms with Crippen LogP contribution < -0.4 is 5.32 Å². The van der Waals surface area contributed by atoms with Gasteiger partial charge >= 0.3 is 0 Å². The standard InChI is InChI=1S/C19H37N/c1-3-8-16-11-12-18(15-20-4-2)19(13-16)14-17-9-6-5-7-10-17/h16-20H,3-15H2,1-2H3. The Hall–Kier alpha value is -0.0400. The molecule has 0 amide bonds. The molecular weight excluding hydrogens is 242 g/mol. The second-order valence-electron chi connectivity index (χ2n) is 7.54. The van der Waals surface area contributed by atoms with Crippen molar-refractivity contribution in [1.82, 2.24) is 5.32 Å². The maximum Gasteiger partial charge on any atom is -0.00180 e. The van der Waals surface area contributed by atoms with Gasteiger partial charge in [0.1, 0.15) is 0 Å². The number of hydrogen-bond acceptors (Lipinski definition) is 1. The molecule has 2 aliphatic carbocycles. The topological polar surface area (TPSA) is 12.0 Å². The van der Waals surface area contributed by atoms with Gasteiger partial charge in [-0.2, -0.15) is 0 Å². The minimum absolute atomic E-state index is 0.977. The van der Waals surface area contributed by atoms with Crippen LogP contribution in [0.2, 0.25) is 0 Å². The van der Waals surface area contributed by atoms with Crippen molar-refractivity contribution in [2.45, 2.75) is 84.5 Å². The van der Waals surface area contributed by atoms with Gasteiger partial charge in [-0.3, -0.25) is 0 Å². The molecule has 0 aromatic carbocycles. The van der Waals surface area contributed by atoms with E-state index >= 15 is 0 Å². The lowest BCUT2D eigenvalue weighted by atomic mass is 9.68. The van der Waals surface area contributed by atoms with Crippen molar-refractivity contribution in [3.63, 3.8) is 0 Å². The Balaban J connectivity index is 1.86. The fourth-order valence-corrected chi connectivity index (χ4v) is 4.83. The Morgan fingerprint density at radius 1 is 0.850 bits per heavy atom. The van der Waals surface area contributed by atoms with Crippen molar-refractivity contribution in [2.75, 3.05) is 13.1 Å². The molecule has 3 atom stereocenters. The molecule has 0 heterocycles. The highest BCUT2D eigenvalue weighted by atomic mass is 14.8. The van der Waals surface area contributed by atoms with Gasteiger partial charge in [-0.25, -0.2) is 0 Å². The Kier molecular flexibility index (Phi) is 7.41. The Bertz CT molecular complexity index is 244. The molecule has 2 rings (SSSR count). The molecule has 0 aliphatic heterocycles. The lowest BCUT2D eigenvalue weighted by Gasteiger charge is -2.39. The Morgan fingerprint density at radius 2 is 1.65 bits per heavy atom. The first kappa shape index (κ1) is 16.3. The quantitative estimate of drug-likeness (QED) is 0.658. The molecule has 0 aromatic heterocycles. The number of rotatable bonds is 7. The Labute approximate surface area is 127 Å². The predicted molar refractivity (Wildman–Crippen MR) is 89.0 cm³/mol. The van der Waals surface area contributed by atoms with Crippen LogP contribution in [0, 0.1) is 23.7 Å². The summed E-state index contributed by atoms with van der Waals surface area (Å²) in [5, 5.41) is 3.63. The van der Waals surface area contributed by atoms with Crippen LogP contribution >= 0.6 is 0 Å². The van der Waals surface area contributed by atoms with Crippen molar-refractivity contribution in [1.29, 1.82) is 0 Å². The van der Waals surface area contributed by atoms with E-state index in [9.17, 15) is 0 Å². The van der Waals surface area contributed by atoms with E-state index < -0.39 is 0 Å². The monoisotopic (exact) mass is 279 g/mol. The van der Waals surface area contributed by atoms with E-state index in [-0.39, 0.29) is 0 Å². The smallest absolute Gasteiger partial charge is 0.00180 e. The van der Waals surface area contributed by atoms with Crippen molar-refractivity contribution in [2.24, 2.45) is 23.7 Å². The zero-order chi connectivity index (χ0) is 14.2. The zero-order valence-electron chi connectivity index (χ0n) is 14.0. The van der Waals surface area contributed by atoms with Crippen LogP contribution in [-0.2, 0) is 0 Å². The highest BCUT2D eigenvalue weighted by Crippen LogP contribution is 2.41. The SMILES string of the molecule is CCCC1CCC(CNCC)C(CC2CCCCC2)C1. The lowest BCUT2D eigenvalue weighted by molar-refractivity contribution is 0.132. The first-order chi connectivity index (χ1) is 9.83. The minimum atomic E-state index is 0.977. The average Bonchev–Trinajstić information content (AvgIpc) is 2.48. The molecule has 0 bridgehead atoms. The normalized spacial score (nSPS) is 32.4. The highest BCUT2D eigenvalue weighted by Gasteiger charge is 2.31. The molecule has 118 valence electrons. The van der Waals surface area contributed by atoms with Crippen molar-refractivity contribution in [3.05, 3.63) is 0 Å². The molecular formula is C19H37N. The van der Waals surface area contributed by atoms with Crippen LogP contribution in [0.1, 0.15) is 84.5 Å². The van der Waals surface area contributed by atoms with Crippen LogP contribution in [0.3, 0.4) is 0 Å². The van der Waals surface area contributed by atoms with Gasteiger partial charge < -0.3 is 5.32 Å². The molecule has 0 aromatic rings. The molecule has 1 N–H and O–H groups in total. The van der Waals surface area contributed by atoms with E-state index in [0.29, 0.717) is 0 Å². The first-order valence-corrected chi connectivity index (χ1v) is 9.54. The minimum Gasteiger partial charge on any atom is -0.317 e. The van der Waals surface area contributed by atoms with Gasteiger partial charge in [-0.15, -0.1) is 0 Å². The lowest BCUT2D eigenvalue weighted by Crippen LogP contribution is -2.34.